The molecule has 1 aromatic carbocycles. The van der Waals surface area contributed by atoms with Crippen LogP contribution in [0.5, 0.6) is 0 Å². The van der Waals surface area contributed by atoms with E-state index in [2.05, 4.69) is 25.3 Å². The van der Waals surface area contributed by atoms with Crippen molar-refractivity contribution >= 4 is 23.3 Å². The molecule has 0 aliphatic carbocycles. The van der Waals surface area contributed by atoms with Gasteiger partial charge >= 0.3 is 0 Å². The van der Waals surface area contributed by atoms with Crippen LogP contribution in [0.2, 0.25) is 5.02 Å². The summed E-state index contributed by atoms with van der Waals surface area (Å²) in [5.74, 6) is 1.64. The zero-order valence-electron chi connectivity index (χ0n) is 17.1. The van der Waals surface area contributed by atoms with Crippen LogP contribution in [0.25, 0.3) is 11.3 Å². The molecule has 0 bridgehead atoms. The second-order valence-electron chi connectivity index (χ2n) is 7.46. The van der Waals surface area contributed by atoms with E-state index in [1.807, 2.05) is 31.2 Å². The summed E-state index contributed by atoms with van der Waals surface area (Å²) < 4.78 is 5.29. The maximum atomic E-state index is 13.0. The number of anilines is 1. The molecule has 1 N–H and O–H groups in total. The van der Waals surface area contributed by atoms with Crippen LogP contribution in [0.3, 0.4) is 0 Å². The highest BCUT2D eigenvalue weighted by Gasteiger charge is 2.23. The number of halogens is 1. The summed E-state index contributed by atoms with van der Waals surface area (Å²) in [6, 6.07) is 9.23. The lowest BCUT2D eigenvalue weighted by Crippen LogP contribution is -2.31. The number of rotatable bonds is 5. The third-order valence-electron chi connectivity index (χ3n) is 5.19. The molecule has 8 heteroatoms. The van der Waals surface area contributed by atoms with Gasteiger partial charge in [-0.3, -0.25) is 4.79 Å². The van der Waals surface area contributed by atoms with E-state index in [1.54, 1.807) is 13.0 Å². The average Bonchev–Trinajstić information content (AvgIpc) is 3.14. The highest BCUT2D eigenvalue weighted by atomic mass is 35.5. The Bertz CT molecular complexity index is 1060. The Morgan fingerprint density at radius 3 is 2.70 bits per heavy atom. The van der Waals surface area contributed by atoms with Crippen molar-refractivity contribution in [3.8, 4) is 11.3 Å². The Balaban J connectivity index is 1.53. The molecule has 30 heavy (non-hydrogen) atoms. The molecule has 0 radical (unpaired) electrons. The molecule has 0 atom stereocenters. The van der Waals surface area contributed by atoms with Crippen molar-refractivity contribution < 1.29 is 9.32 Å². The van der Waals surface area contributed by atoms with Crippen molar-refractivity contribution in [3.05, 3.63) is 58.2 Å². The minimum atomic E-state index is -0.298. The maximum absolute atomic E-state index is 13.0. The second kappa shape index (κ2) is 8.83. The van der Waals surface area contributed by atoms with Crippen LogP contribution in [0, 0.1) is 13.8 Å². The maximum Gasteiger partial charge on any atom is 0.257 e. The van der Waals surface area contributed by atoms with Crippen LogP contribution >= 0.6 is 11.6 Å². The minimum Gasteiger partial charge on any atom is -0.360 e. The van der Waals surface area contributed by atoms with E-state index in [1.165, 1.54) is 19.3 Å². The number of amides is 1. The van der Waals surface area contributed by atoms with Gasteiger partial charge in [0, 0.05) is 30.4 Å². The van der Waals surface area contributed by atoms with Gasteiger partial charge in [-0.05, 0) is 39.2 Å². The minimum absolute atomic E-state index is 0.216. The van der Waals surface area contributed by atoms with Crippen LogP contribution < -0.4 is 10.2 Å². The fourth-order valence-corrected chi connectivity index (χ4v) is 3.93. The number of hydrogen-bond acceptors (Lipinski definition) is 6. The molecule has 1 aliphatic rings. The van der Waals surface area contributed by atoms with Crippen molar-refractivity contribution in [2.24, 2.45) is 0 Å². The van der Waals surface area contributed by atoms with E-state index in [0.29, 0.717) is 33.4 Å². The summed E-state index contributed by atoms with van der Waals surface area (Å²) >= 11 is 6.29. The van der Waals surface area contributed by atoms with E-state index in [9.17, 15) is 4.79 Å². The molecule has 1 amide bonds. The number of hydrogen-bond donors (Lipinski definition) is 1. The van der Waals surface area contributed by atoms with Gasteiger partial charge in [-0.25, -0.2) is 9.97 Å². The van der Waals surface area contributed by atoms with Crippen LogP contribution in [-0.2, 0) is 6.54 Å². The summed E-state index contributed by atoms with van der Waals surface area (Å²) in [4.78, 5) is 24.4. The smallest absolute Gasteiger partial charge is 0.257 e. The molecule has 3 aromatic rings. The molecule has 4 rings (SSSR count). The number of benzene rings is 1. The van der Waals surface area contributed by atoms with Crippen molar-refractivity contribution in [1.29, 1.82) is 0 Å². The molecule has 1 saturated heterocycles. The number of aryl methyl sites for hydroxylation is 2. The zero-order valence-corrected chi connectivity index (χ0v) is 17.9. The van der Waals surface area contributed by atoms with E-state index in [-0.39, 0.29) is 12.5 Å². The van der Waals surface area contributed by atoms with Gasteiger partial charge < -0.3 is 14.7 Å². The first kappa shape index (κ1) is 20.3. The molecule has 2 aromatic heterocycles. The fraction of sp³-hybridized carbons (Fsp3) is 0.364. The number of aromatic nitrogens is 3. The third kappa shape index (κ3) is 4.31. The van der Waals surface area contributed by atoms with Gasteiger partial charge in [0.1, 0.15) is 28.7 Å². The summed E-state index contributed by atoms with van der Waals surface area (Å²) in [6.07, 6.45) is 3.61. The first-order valence-corrected chi connectivity index (χ1v) is 10.5. The number of carbonyl (C=O) groups is 1. The fourth-order valence-electron chi connectivity index (χ4n) is 3.70. The zero-order chi connectivity index (χ0) is 21.1. The van der Waals surface area contributed by atoms with Crippen LogP contribution in [0.15, 0.2) is 34.9 Å². The molecule has 0 unspecified atom stereocenters. The Hall–Kier alpha value is -2.93. The van der Waals surface area contributed by atoms with Gasteiger partial charge in [-0.1, -0.05) is 35.0 Å². The molecule has 1 fully saturated rings. The monoisotopic (exact) mass is 425 g/mol. The Morgan fingerprint density at radius 1 is 1.17 bits per heavy atom. The van der Waals surface area contributed by atoms with E-state index in [4.69, 9.17) is 16.1 Å². The molecule has 3 heterocycles. The third-order valence-corrected chi connectivity index (χ3v) is 5.52. The van der Waals surface area contributed by atoms with Gasteiger partial charge in [0.2, 0.25) is 0 Å². The summed E-state index contributed by atoms with van der Waals surface area (Å²) in [5, 5.41) is 7.47. The lowest BCUT2D eigenvalue weighted by molar-refractivity contribution is 0.0949. The molecule has 0 spiro atoms. The van der Waals surface area contributed by atoms with Gasteiger partial charge in [0.05, 0.1) is 11.6 Å². The number of piperidine rings is 1. The topological polar surface area (TPSA) is 84.2 Å². The van der Waals surface area contributed by atoms with E-state index >= 15 is 0 Å². The van der Waals surface area contributed by atoms with Crippen LogP contribution in [0.4, 0.5) is 5.82 Å². The largest absolute Gasteiger partial charge is 0.360 e. The van der Waals surface area contributed by atoms with Crippen molar-refractivity contribution in [2.45, 2.75) is 39.7 Å². The number of nitrogens with one attached hydrogen (secondary N) is 1. The molecule has 7 nitrogen and oxygen atoms in total. The molecule has 0 saturated carbocycles. The number of carbonyl (C=O) groups excluding carboxylic acids is 1. The SMILES string of the molecule is Cc1cc(N2CCCCC2)nc(CNC(=O)c2c(-c3ccccc3Cl)noc2C)n1. The first-order valence-electron chi connectivity index (χ1n) is 10.1. The predicted octanol–water partition coefficient (Wildman–Crippen LogP) is 4.32. The van der Waals surface area contributed by atoms with Gasteiger partial charge in [0.15, 0.2) is 0 Å². The summed E-state index contributed by atoms with van der Waals surface area (Å²) in [5.41, 5.74) is 2.33. The normalized spacial score (nSPS) is 14.0. The van der Waals surface area contributed by atoms with Crippen LogP contribution in [-0.4, -0.2) is 34.1 Å². The summed E-state index contributed by atoms with van der Waals surface area (Å²) in [7, 11) is 0. The van der Waals surface area contributed by atoms with Crippen LogP contribution in [0.1, 0.15) is 46.9 Å². The predicted molar refractivity (Wildman–Crippen MR) is 116 cm³/mol. The van der Waals surface area contributed by atoms with Crippen molar-refractivity contribution in [3.63, 3.8) is 0 Å². The Kier molecular flexibility index (Phi) is 5.99. The first-order chi connectivity index (χ1) is 14.5. The molecule has 1 aliphatic heterocycles. The van der Waals surface area contributed by atoms with Gasteiger partial charge in [-0.2, -0.15) is 0 Å². The van der Waals surface area contributed by atoms with E-state index < -0.39 is 0 Å². The standard InChI is InChI=1S/C22H24ClN5O2/c1-14-12-19(28-10-6-3-7-11-28)26-18(25-14)13-24-22(29)20-15(2)30-27-21(20)16-8-4-5-9-17(16)23/h4-5,8-9,12H,3,6-7,10-11,13H2,1-2H3,(H,24,29). The Morgan fingerprint density at radius 2 is 1.93 bits per heavy atom. The molecular formula is C22H24ClN5O2. The number of nitrogens with zero attached hydrogens (tertiary/aromatic N) is 4. The van der Waals surface area contributed by atoms with Crippen molar-refractivity contribution in [1.82, 2.24) is 20.4 Å². The highest BCUT2D eigenvalue weighted by molar-refractivity contribution is 6.33. The van der Waals surface area contributed by atoms with Crippen molar-refractivity contribution in [2.75, 3.05) is 18.0 Å². The molecular weight excluding hydrogens is 402 g/mol. The quantitative estimate of drug-likeness (QED) is 0.655. The highest BCUT2D eigenvalue weighted by Crippen LogP contribution is 2.31. The Labute approximate surface area is 180 Å². The van der Waals surface area contributed by atoms with E-state index in [0.717, 1.165) is 24.6 Å². The second-order valence-corrected chi connectivity index (χ2v) is 7.86. The molecule has 156 valence electrons. The lowest BCUT2D eigenvalue weighted by Gasteiger charge is -2.28. The lowest BCUT2D eigenvalue weighted by atomic mass is 10.1. The average molecular weight is 426 g/mol. The summed E-state index contributed by atoms with van der Waals surface area (Å²) in [6.45, 7) is 5.88. The van der Waals surface area contributed by atoms with Gasteiger partial charge in [0.25, 0.3) is 5.91 Å². The van der Waals surface area contributed by atoms with Gasteiger partial charge in [-0.15, -0.1) is 0 Å².